The van der Waals surface area contributed by atoms with Crippen LogP contribution in [0.3, 0.4) is 0 Å². The van der Waals surface area contributed by atoms with E-state index in [2.05, 4.69) is 50.8 Å². The third-order valence-corrected chi connectivity index (χ3v) is 11.9. The van der Waals surface area contributed by atoms with Gasteiger partial charge in [-0.15, -0.1) is 0 Å². The molecule has 1 aromatic rings. The van der Waals surface area contributed by atoms with E-state index in [-0.39, 0.29) is 43.1 Å². The summed E-state index contributed by atoms with van der Waals surface area (Å²) in [6.45, 7) is 11.4. The zero-order valence-corrected chi connectivity index (χ0v) is 37.6. The fraction of sp³-hybridized carbons (Fsp3) is 0.739. The molecular weight excluding hydrogens is 779 g/mol. The first kappa shape index (κ1) is 51.3. The van der Waals surface area contributed by atoms with Gasteiger partial charge >= 0.3 is 0 Å². The minimum absolute atomic E-state index is 0.0846. The molecule has 2 fully saturated rings. The van der Waals surface area contributed by atoms with Crippen molar-refractivity contribution in [1.82, 2.24) is 37.0 Å². The molecule has 7 N–H and O–H groups in total. The van der Waals surface area contributed by atoms with Gasteiger partial charge in [0.1, 0.15) is 30.2 Å². The predicted octanol–water partition coefficient (Wildman–Crippen LogP) is 3.96. The van der Waals surface area contributed by atoms with Gasteiger partial charge in [0.05, 0.1) is 12.7 Å². The van der Waals surface area contributed by atoms with Gasteiger partial charge < -0.3 is 36.6 Å². The van der Waals surface area contributed by atoms with Crippen LogP contribution in [0.2, 0.25) is 0 Å². The summed E-state index contributed by atoms with van der Waals surface area (Å²) in [7, 11) is 0. The number of nitrogens with zero attached hydrogens (tertiary/aromatic N) is 1. The van der Waals surface area contributed by atoms with E-state index in [1.165, 1.54) is 6.92 Å². The number of benzene rings is 1. The van der Waals surface area contributed by atoms with Gasteiger partial charge in [-0.1, -0.05) is 116 Å². The monoisotopic (exact) mass is 856 g/mol. The van der Waals surface area contributed by atoms with Crippen molar-refractivity contribution in [3.63, 3.8) is 0 Å². The van der Waals surface area contributed by atoms with Gasteiger partial charge in [0.25, 0.3) is 5.91 Å². The van der Waals surface area contributed by atoms with Crippen LogP contribution in [0.1, 0.15) is 143 Å². The van der Waals surface area contributed by atoms with Gasteiger partial charge in [0.2, 0.25) is 29.5 Å². The molecule has 2 saturated carbocycles. The summed E-state index contributed by atoms with van der Waals surface area (Å²) in [5.41, 5.74) is 3.28. The fourth-order valence-electron chi connectivity index (χ4n) is 8.15. The molecule has 15 heteroatoms. The average molecular weight is 856 g/mol. The van der Waals surface area contributed by atoms with Crippen molar-refractivity contribution in [2.75, 3.05) is 26.2 Å². The van der Waals surface area contributed by atoms with E-state index < -0.39 is 66.4 Å². The van der Waals surface area contributed by atoms with Crippen LogP contribution in [0, 0.1) is 11.8 Å². The highest BCUT2D eigenvalue weighted by molar-refractivity contribution is 5.96. The summed E-state index contributed by atoms with van der Waals surface area (Å²) in [5.74, 6) is -3.00. The number of rotatable bonds is 26. The number of hydroxylamine groups is 1. The Kier molecular flexibility index (Phi) is 24.0. The van der Waals surface area contributed by atoms with Crippen molar-refractivity contribution in [2.45, 2.75) is 180 Å². The zero-order valence-electron chi connectivity index (χ0n) is 37.6. The van der Waals surface area contributed by atoms with Gasteiger partial charge in [-0.25, -0.2) is 5.48 Å². The molecule has 0 aromatic heterocycles. The average Bonchev–Trinajstić information content (AvgIpc) is 3.53. The summed E-state index contributed by atoms with van der Waals surface area (Å²) >= 11 is 0. The summed E-state index contributed by atoms with van der Waals surface area (Å²) in [6, 6.07) is 3.92. The zero-order chi connectivity index (χ0) is 44.6. The first-order chi connectivity index (χ1) is 29.3. The highest BCUT2D eigenvalue weighted by Crippen LogP contribution is 2.27. The van der Waals surface area contributed by atoms with Crippen LogP contribution in [-0.4, -0.2) is 108 Å². The van der Waals surface area contributed by atoms with E-state index in [1.807, 2.05) is 44.2 Å². The van der Waals surface area contributed by atoms with Crippen molar-refractivity contribution < 1.29 is 38.7 Å². The second-order valence-corrected chi connectivity index (χ2v) is 17.5. The topological polar surface area (TPSA) is 207 Å². The minimum atomic E-state index is -1.31. The minimum Gasteiger partial charge on any atom is -0.394 e. The Morgan fingerprint density at radius 2 is 1.25 bits per heavy atom. The molecule has 0 aliphatic heterocycles. The Bertz CT molecular complexity index is 1480. The molecule has 0 heterocycles. The first-order valence-electron chi connectivity index (χ1n) is 23.2. The van der Waals surface area contributed by atoms with E-state index in [4.69, 9.17) is 4.84 Å². The molecule has 15 nitrogen and oxygen atoms in total. The van der Waals surface area contributed by atoms with E-state index in [0.717, 1.165) is 102 Å². The first-order valence-corrected chi connectivity index (χ1v) is 23.2. The SMILES string of the molecule is CCN(CC)CCCC[C@H](NC(=O)C(CC1CCCCC1)NC(=O)[C@H](C)NC(=O)C(Cc1ccccc1)NC(=O)CC(C)C)C(=O)NC(CO)C(=O)NOC1CCCCCC1. The van der Waals surface area contributed by atoms with E-state index >= 15 is 0 Å². The maximum atomic E-state index is 14.3. The number of nitrogens with one attached hydrogen (secondary N) is 6. The van der Waals surface area contributed by atoms with Crippen molar-refractivity contribution in [3.05, 3.63) is 35.9 Å². The second-order valence-electron chi connectivity index (χ2n) is 17.5. The Labute approximate surface area is 364 Å². The maximum absolute atomic E-state index is 14.3. The van der Waals surface area contributed by atoms with Gasteiger partial charge in [-0.05, 0) is 82.5 Å². The van der Waals surface area contributed by atoms with Crippen LogP contribution < -0.4 is 32.1 Å². The van der Waals surface area contributed by atoms with Crippen LogP contribution in [0.5, 0.6) is 0 Å². The number of carbonyl (C=O) groups is 6. The lowest BCUT2D eigenvalue weighted by Crippen LogP contribution is -2.59. The normalized spacial score (nSPS) is 17.6. The van der Waals surface area contributed by atoms with Crippen LogP contribution in [-0.2, 0) is 40.0 Å². The molecular formula is C46H77N7O8. The van der Waals surface area contributed by atoms with Crippen molar-refractivity contribution >= 4 is 35.4 Å². The maximum Gasteiger partial charge on any atom is 0.268 e. The molecule has 3 rings (SSSR count). The van der Waals surface area contributed by atoms with Crippen molar-refractivity contribution in [1.29, 1.82) is 0 Å². The molecule has 5 atom stereocenters. The third kappa shape index (κ3) is 19.7. The summed E-state index contributed by atoms with van der Waals surface area (Å²) in [6.07, 6.45) is 13.1. The summed E-state index contributed by atoms with van der Waals surface area (Å²) < 4.78 is 0. The predicted molar refractivity (Wildman–Crippen MR) is 236 cm³/mol. The number of aliphatic hydroxyl groups excluding tert-OH is 1. The van der Waals surface area contributed by atoms with Gasteiger partial charge in [0, 0.05) is 12.8 Å². The van der Waals surface area contributed by atoms with Gasteiger partial charge in [-0.3, -0.25) is 33.6 Å². The Morgan fingerprint density at radius 3 is 1.87 bits per heavy atom. The van der Waals surface area contributed by atoms with E-state index in [0.29, 0.717) is 12.8 Å². The largest absolute Gasteiger partial charge is 0.394 e. The van der Waals surface area contributed by atoms with Crippen LogP contribution in [0.4, 0.5) is 0 Å². The van der Waals surface area contributed by atoms with Crippen LogP contribution >= 0.6 is 0 Å². The lowest BCUT2D eigenvalue weighted by molar-refractivity contribution is -0.144. The summed E-state index contributed by atoms with van der Waals surface area (Å²) in [4.78, 5) is 89.5. The number of aliphatic hydroxyl groups is 1. The summed E-state index contributed by atoms with van der Waals surface area (Å²) in [5, 5.41) is 24.1. The van der Waals surface area contributed by atoms with E-state index in [9.17, 15) is 33.9 Å². The molecule has 0 spiro atoms. The van der Waals surface area contributed by atoms with Crippen molar-refractivity contribution in [2.24, 2.45) is 11.8 Å². The molecule has 2 aliphatic rings. The lowest BCUT2D eigenvalue weighted by atomic mass is 9.84. The smallest absolute Gasteiger partial charge is 0.268 e. The number of carbonyl (C=O) groups excluding carboxylic acids is 6. The lowest BCUT2D eigenvalue weighted by Gasteiger charge is -2.29. The van der Waals surface area contributed by atoms with Crippen LogP contribution in [0.15, 0.2) is 30.3 Å². The second kappa shape index (κ2) is 28.5. The number of hydrogen-bond donors (Lipinski definition) is 7. The molecule has 0 saturated heterocycles. The Hall–Kier alpha value is -4.08. The molecule has 0 bridgehead atoms. The van der Waals surface area contributed by atoms with Gasteiger partial charge in [0.15, 0.2) is 0 Å². The third-order valence-electron chi connectivity index (χ3n) is 11.9. The molecule has 0 radical (unpaired) electrons. The molecule has 61 heavy (non-hydrogen) atoms. The van der Waals surface area contributed by atoms with Crippen LogP contribution in [0.25, 0.3) is 0 Å². The quantitative estimate of drug-likeness (QED) is 0.0409. The Balaban J connectivity index is 1.76. The highest BCUT2D eigenvalue weighted by Gasteiger charge is 2.33. The highest BCUT2D eigenvalue weighted by atomic mass is 16.7. The standard InChI is InChI=1S/C46H77N7O8/c1-6-53(7-2)27-19-18-26-37(43(57)51-40(31-54)46(60)52-61-36-24-16-8-9-17-25-36)49-45(59)39(30-35-22-14-11-15-23-35)50-42(56)33(5)47-44(58)38(48-41(55)28-32(3)4)29-34-20-12-10-13-21-34/h10,12-13,20-21,32-33,35-40,54H,6-9,11,14-19,22-31H2,1-5H3,(H,47,58)(H,48,55)(H,49,59)(H,50,56)(H,51,57)(H,52,60)/t33-,37-,38?,39?,40?/m0/s1. The number of hydrogen-bond acceptors (Lipinski definition) is 9. The Morgan fingerprint density at radius 1 is 0.672 bits per heavy atom. The number of amides is 6. The molecule has 2 aliphatic carbocycles. The van der Waals surface area contributed by atoms with Gasteiger partial charge in [-0.2, -0.15) is 0 Å². The number of unbranched alkanes of at least 4 members (excludes halogenated alkanes) is 1. The fourth-order valence-corrected chi connectivity index (χ4v) is 8.15. The molecule has 1 aromatic carbocycles. The van der Waals surface area contributed by atoms with Crippen molar-refractivity contribution in [3.8, 4) is 0 Å². The molecule has 3 unspecified atom stereocenters. The molecule has 6 amide bonds. The van der Waals surface area contributed by atoms with E-state index in [1.54, 1.807) is 0 Å². The molecule has 344 valence electrons.